The number of aromatic nitrogens is 2. The highest BCUT2D eigenvalue weighted by Gasteiger charge is 2.34. The second-order valence-electron chi connectivity index (χ2n) is 3.55. The molecule has 4 nitrogen and oxygen atoms in total. The number of carbonyl (C=O) groups is 1. The molecule has 1 heterocycles. The van der Waals surface area contributed by atoms with Gasteiger partial charge >= 0.3 is 5.97 Å². The molecule has 0 radical (unpaired) electrons. The minimum absolute atomic E-state index is 0.0255. The van der Waals surface area contributed by atoms with Crippen molar-refractivity contribution in [1.29, 1.82) is 0 Å². The zero-order chi connectivity index (χ0) is 10.1. The molecule has 0 aliphatic heterocycles. The lowest BCUT2D eigenvalue weighted by Crippen LogP contribution is -2.21. The average molecular weight is 215 g/mol. The molecule has 0 bridgehead atoms. The van der Waals surface area contributed by atoms with E-state index in [1.165, 1.54) is 0 Å². The summed E-state index contributed by atoms with van der Waals surface area (Å²) in [4.78, 5) is 14.8. The Hall–Kier alpha value is -1.03. The van der Waals surface area contributed by atoms with Crippen LogP contribution in [0.1, 0.15) is 25.3 Å². The molecule has 0 spiro atoms. The van der Waals surface area contributed by atoms with Gasteiger partial charge in [0.2, 0.25) is 5.28 Å². The van der Waals surface area contributed by atoms with Crippen molar-refractivity contribution in [2.75, 3.05) is 0 Å². The van der Waals surface area contributed by atoms with E-state index in [2.05, 4.69) is 4.98 Å². The van der Waals surface area contributed by atoms with Crippen LogP contribution in [-0.2, 0) is 4.79 Å². The fourth-order valence-corrected chi connectivity index (χ4v) is 2.34. The van der Waals surface area contributed by atoms with E-state index in [-0.39, 0.29) is 12.0 Å². The molecule has 5 heteroatoms. The SMILES string of the molecule is O=C(O)C1CCCC1n1ccnc1Cl. The Balaban J connectivity index is 2.26. The Morgan fingerprint density at radius 3 is 3.00 bits per heavy atom. The van der Waals surface area contributed by atoms with Crippen molar-refractivity contribution in [3.05, 3.63) is 17.7 Å². The van der Waals surface area contributed by atoms with Crippen LogP contribution in [0, 0.1) is 5.92 Å². The van der Waals surface area contributed by atoms with Crippen molar-refractivity contribution in [3.8, 4) is 0 Å². The second kappa shape index (κ2) is 3.61. The van der Waals surface area contributed by atoms with Gasteiger partial charge < -0.3 is 9.67 Å². The van der Waals surface area contributed by atoms with Gasteiger partial charge in [0.1, 0.15) is 0 Å². The highest BCUT2D eigenvalue weighted by atomic mass is 35.5. The topological polar surface area (TPSA) is 55.1 Å². The van der Waals surface area contributed by atoms with E-state index in [1.807, 2.05) is 0 Å². The molecule has 2 atom stereocenters. The van der Waals surface area contributed by atoms with Gasteiger partial charge in [-0.25, -0.2) is 4.98 Å². The van der Waals surface area contributed by atoms with Crippen LogP contribution in [0.3, 0.4) is 0 Å². The van der Waals surface area contributed by atoms with E-state index < -0.39 is 5.97 Å². The van der Waals surface area contributed by atoms with E-state index in [0.29, 0.717) is 5.28 Å². The quantitative estimate of drug-likeness (QED) is 0.819. The number of halogens is 1. The maximum Gasteiger partial charge on any atom is 0.308 e. The Morgan fingerprint density at radius 1 is 1.64 bits per heavy atom. The van der Waals surface area contributed by atoms with Gasteiger partial charge in [0.05, 0.1) is 5.92 Å². The first-order chi connectivity index (χ1) is 6.70. The van der Waals surface area contributed by atoms with Gasteiger partial charge in [-0.1, -0.05) is 6.42 Å². The van der Waals surface area contributed by atoms with Crippen LogP contribution in [0.5, 0.6) is 0 Å². The van der Waals surface area contributed by atoms with Gasteiger partial charge in [-0.2, -0.15) is 0 Å². The van der Waals surface area contributed by atoms with E-state index in [4.69, 9.17) is 16.7 Å². The lowest BCUT2D eigenvalue weighted by molar-refractivity contribution is -0.142. The summed E-state index contributed by atoms with van der Waals surface area (Å²) in [5.74, 6) is -1.06. The number of hydrogen-bond acceptors (Lipinski definition) is 2. The lowest BCUT2D eigenvalue weighted by Gasteiger charge is -2.17. The molecule has 14 heavy (non-hydrogen) atoms. The van der Waals surface area contributed by atoms with Crippen molar-refractivity contribution < 1.29 is 9.90 Å². The zero-order valence-electron chi connectivity index (χ0n) is 7.56. The largest absolute Gasteiger partial charge is 0.481 e. The Kier molecular flexibility index (Phi) is 2.46. The highest BCUT2D eigenvalue weighted by molar-refractivity contribution is 6.28. The van der Waals surface area contributed by atoms with E-state index in [1.54, 1.807) is 17.0 Å². The van der Waals surface area contributed by atoms with Crippen molar-refractivity contribution in [1.82, 2.24) is 9.55 Å². The monoisotopic (exact) mass is 214 g/mol. The van der Waals surface area contributed by atoms with Crippen molar-refractivity contribution >= 4 is 17.6 Å². The molecule has 1 aromatic heterocycles. The van der Waals surface area contributed by atoms with Crippen molar-refractivity contribution in [3.63, 3.8) is 0 Å². The zero-order valence-corrected chi connectivity index (χ0v) is 8.31. The molecule has 1 saturated carbocycles. The predicted molar refractivity (Wildman–Crippen MR) is 51.3 cm³/mol. The maximum atomic E-state index is 10.9. The summed E-state index contributed by atoms with van der Waals surface area (Å²) in [5, 5.41) is 9.37. The normalized spacial score (nSPS) is 26.6. The van der Waals surface area contributed by atoms with Crippen LogP contribution in [-0.4, -0.2) is 20.6 Å². The fourth-order valence-electron chi connectivity index (χ4n) is 2.10. The van der Waals surface area contributed by atoms with Gasteiger partial charge in [-0.05, 0) is 24.4 Å². The molecular weight excluding hydrogens is 204 g/mol. The number of carboxylic acid groups (broad SMARTS) is 1. The standard InChI is InChI=1S/C9H11ClN2O2/c10-9-11-4-5-12(9)7-3-1-2-6(7)8(13)14/h4-7H,1-3H2,(H,13,14). The van der Waals surface area contributed by atoms with Gasteiger partial charge in [0, 0.05) is 18.4 Å². The number of carboxylic acids is 1. The van der Waals surface area contributed by atoms with Gasteiger partial charge in [0.25, 0.3) is 0 Å². The molecule has 2 unspecified atom stereocenters. The summed E-state index contributed by atoms with van der Waals surface area (Å²) in [5.41, 5.74) is 0. The van der Waals surface area contributed by atoms with Crippen LogP contribution < -0.4 is 0 Å². The summed E-state index contributed by atoms with van der Waals surface area (Å²) >= 11 is 5.85. The fraction of sp³-hybridized carbons (Fsp3) is 0.556. The van der Waals surface area contributed by atoms with E-state index in [9.17, 15) is 4.79 Å². The van der Waals surface area contributed by atoms with E-state index >= 15 is 0 Å². The highest BCUT2D eigenvalue weighted by Crippen LogP contribution is 2.37. The minimum atomic E-state index is -0.739. The molecule has 0 saturated heterocycles. The summed E-state index contributed by atoms with van der Waals surface area (Å²) < 4.78 is 1.76. The van der Waals surface area contributed by atoms with Gasteiger partial charge in [0.15, 0.2) is 0 Å². The van der Waals surface area contributed by atoms with Gasteiger partial charge in [-0.15, -0.1) is 0 Å². The third kappa shape index (κ3) is 1.50. The van der Waals surface area contributed by atoms with Crippen LogP contribution in [0.15, 0.2) is 12.4 Å². The molecule has 1 N–H and O–H groups in total. The minimum Gasteiger partial charge on any atom is -0.481 e. The Labute approximate surface area is 86.5 Å². The summed E-state index contributed by atoms with van der Waals surface area (Å²) in [6.45, 7) is 0. The third-order valence-corrected chi connectivity index (χ3v) is 3.07. The molecule has 1 aliphatic carbocycles. The molecule has 0 amide bonds. The molecule has 1 aromatic rings. The van der Waals surface area contributed by atoms with Crippen molar-refractivity contribution in [2.24, 2.45) is 5.92 Å². The van der Waals surface area contributed by atoms with E-state index in [0.717, 1.165) is 19.3 Å². The van der Waals surface area contributed by atoms with Crippen molar-refractivity contribution in [2.45, 2.75) is 25.3 Å². The molecule has 76 valence electrons. The Bertz CT molecular complexity index is 350. The maximum absolute atomic E-state index is 10.9. The van der Waals surface area contributed by atoms with Crippen LogP contribution in [0.25, 0.3) is 0 Å². The molecule has 2 rings (SSSR count). The van der Waals surface area contributed by atoms with Crippen LogP contribution in [0.2, 0.25) is 5.28 Å². The number of aliphatic carboxylic acids is 1. The predicted octanol–water partition coefficient (Wildman–Crippen LogP) is 1.96. The van der Waals surface area contributed by atoms with Gasteiger partial charge in [-0.3, -0.25) is 4.79 Å². The average Bonchev–Trinajstić information content (AvgIpc) is 2.70. The van der Waals surface area contributed by atoms with Crippen LogP contribution >= 0.6 is 11.6 Å². The lowest BCUT2D eigenvalue weighted by atomic mass is 10.0. The summed E-state index contributed by atoms with van der Waals surface area (Å²) in [6.07, 6.45) is 5.88. The first kappa shape index (κ1) is 9.52. The third-order valence-electron chi connectivity index (χ3n) is 2.78. The number of imidazole rings is 1. The second-order valence-corrected chi connectivity index (χ2v) is 3.88. The number of nitrogens with zero attached hydrogens (tertiary/aromatic N) is 2. The summed E-state index contributed by atoms with van der Waals surface area (Å²) in [7, 11) is 0. The molecule has 1 aliphatic rings. The molecule has 1 fully saturated rings. The number of hydrogen-bond donors (Lipinski definition) is 1. The first-order valence-electron chi connectivity index (χ1n) is 4.61. The smallest absolute Gasteiger partial charge is 0.308 e. The summed E-state index contributed by atoms with van der Waals surface area (Å²) in [6, 6.07) is -0.0255. The Morgan fingerprint density at radius 2 is 2.43 bits per heavy atom. The first-order valence-corrected chi connectivity index (χ1v) is 4.99. The number of rotatable bonds is 2. The molecular formula is C9H11ClN2O2. The molecule has 0 aromatic carbocycles. The van der Waals surface area contributed by atoms with Crippen LogP contribution in [0.4, 0.5) is 0 Å².